The predicted molar refractivity (Wildman–Crippen MR) is 144 cm³/mol. The van der Waals surface area contributed by atoms with Gasteiger partial charge in [-0.2, -0.15) is 18.3 Å². The van der Waals surface area contributed by atoms with E-state index in [2.05, 4.69) is 39.1 Å². The van der Waals surface area contributed by atoms with Gasteiger partial charge in [0.05, 0.1) is 29.8 Å². The third-order valence-corrected chi connectivity index (χ3v) is 8.71. The third-order valence-electron chi connectivity index (χ3n) is 6.75. The SMILES string of the molecule is CCN(CC)CCCCS(=O)(=O)N1CCC(Nc2ncc(C(F)(F)F)c(-c3cnn(CC(C)(C)O)c3)n2)CC1. The monoisotopic (exact) mass is 575 g/mol. The van der Waals surface area contributed by atoms with Gasteiger partial charge in [-0.3, -0.25) is 4.68 Å². The summed E-state index contributed by atoms with van der Waals surface area (Å²) in [5, 5.41) is 17.1. The number of anilines is 1. The highest BCUT2D eigenvalue weighted by molar-refractivity contribution is 7.89. The molecule has 2 N–H and O–H groups in total. The molecule has 0 saturated carbocycles. The summed E-state index contributed by atoms with van der Waals surface area (Å²) >= 11 is 0. The molecule has 1 saturated heterocycles. The molecular formula is C25H40F3N7O3S. The molecule has 220 valence electrons. The van der Waals surface area contributed by atoms with Crippen LogP contribution in [-0.2, 0) is 22.7 Å². The second-order valence-corrected chi connectivity index (χ2v) is 12.6. The van der Waals surface area contributed by atoms with Gasteiger partial charge in [-0.15, -0.1) is 0 Å². The number of sulfonamides is 1. The summed E-state index contributed by atoms with van der Waals surface area (Å²) in [6.45, 7) is 10.8. The fraction of sp³-hybridized carbons (Fsp3) is 0.720. The first-order chi connectivity index (χ1) is 18.2. The lowest BCUT2D eigenvalue weighted by Gasteiger charge is -2.31. The van der Waals surface area contributed by atoms with Gasteiger partial charge in [-0.25, -0.2) is 22.7 Å². The molecule has 0 spiro atoms. The van der Waals surface area contributed by atoms with Crippen LogP contribution in [0.25, 0.3) is 11.3 Å². The van der Waals surface area contributed by atoms with Gasteiger partial charge >= 0.3 is 6.18 Å². The minimum Gasteiger partial charge on any atom is -0.389 e. The molecule has 39 heavy (non-hydrogen) atoms. The number of rotatable bonds is 13. The van der Waals surface area contributed by atoms with Crippen LogP contribution in [0.3, 0.4) is 0 Å². The summed E-state index contributed by atoms with van der Waals surface area (Å²) in [5.74, 6) is 0.143. The van der Waals surface area contributed by atoms with Gasteiger partial charge in [0, 0.05) is 37.1 Å². The van der Waals surface area contributed by atoms with Crippen LogP contribution in [0.2, 0.25) is 0 Å². The van der Waals surface area contributed by atoms with E-state index in [0.717, 1.165) is 32.3 Å². The second-order valence-electron chi connectivity index (χ2n) is 10.6. The van der Waals surface area contributed by atoms with Crippen LogP contribution in [0.5, 0.6) is 0 Å². The average Bonchev–Trinajstić information content (AvgIpc) is 3.30. The Labute approximate surface area is 228 Å². The van der Waals surface area contributed by atoms with Gasteiger partial charge in [0.25, 0.3) is 0 Å². The first kappa shape index (κ1) is 31.2. The highest BCUT2D eigenvalue weighted by Gasteiger charge is 2.36. The average molecular weight is 576 g/mol. The van der Waals surface area contributed by atoms with Gasteiger partial charge in [0.1, 0.15) is 5.56 Å². The number of piperidine rings is 1. The van der Waals surface area contributed by atoms with Gasteiger partial charge in [0.15, 0.2) is 0 Å². The maximum absolute atomic E-state index is 13.7. The molecule has 1 aliphatic rings. The van der Waals surface area contributed by atoms with E-state index >= 15 is 0 Å². The molecule has 14 heteroatoms. The van der Waals surface area contributed by atoms with Crippen molar-refractivity contribution in [2.45, 2.75) is 77.7 Å². The minimum absolute atomic E-state index is 0.0333. The van der Waals surface area contributed by atoms with E-state index in [1.54, 1.807) is 13.8 Å². The number of unbranched alkanes of at least 4 members (excludes halogenated alkanes) is 1. The Morgan fingerprint density at radius 2 is 1.79 bits per heavy atom. The Kier molecular flexibility index (Phi) is 10.3. The van der Waals surface area contributed by atoms with Crippen molar-refractivity contribution in [3.8, 4) is 11.3 Å². The van der Waals surface area contributed by atoms with E-state index in [0.29, 0.717) is 32.4 Å². The van der Waals surface area contributed by atoms with E-state index in [1.165, 1.54) is 21.4 Å². The largest absolute Gasteiger partial charge is 0.419 e. The molecule has 0 radical (unpaired) electrons. The highest BCUT2D eigenvalue weighted by Crippen LogP contribution is 2.36. The maximum atomic E-state index is 13.7. The van der Waals surface area contributed by atoms with Crippen molar-refractivity contribution in [2.24, 2.45) is 0 Å². The molecule has 3 heterocycles. The first-order valence-electron chi connectivity index (χ1n) is 13.4. The smallest absolute Gasteiger partial charge is 0.389 e. The van der Waals surface area contributed by atoms with Crippen molar-refractivity contribution in [3.05, 3.63) is 24.2 Å². The van der Waals surface area contributed by atoms with Crippen molar-refractivity contribution in [2.75, 3.05) is 43.8 Å². The van der Waals surface area contributed by atoms with E-state index in [-0.39, 0.29) is 35.5 Å². The zero-order valence-electron chi connectivity index (χ0n) is 23.1. The van der Waals surface area contributed by atoms with Crippen molar-refractivity contribution < 1.29 is 26.7 Å². The van der Waals surface area contributed by atoms with Crippen LogP contribution in [0.1, 0.15) is 58.9 Å². The molecule has 10 nitrogen and oxygen atoms in total. The topological polar surface area (TPSA) is 116 Å². The summed E-state index contributed by atoms with van der Waals surface area (Å²) in [4.78, 5) is 10.3. The lowest BCUT2D eigenvalue weighted by atomic mass is 10.1. The van der Waals surface area contributed by atoms with Gasteiger partial charge < -0.3 is 15.3 Å². The van der Waals surface area contributed by atoms with Crippen LogP contribution in [0, 0.1) is 0 Å². The molecular weight excluding hydrogens is 535 g/mol. The van der Waals surface area contributed by atoms with Gasteiger partial charge in [-0.1, -0.05) is 13.8 Å². The van der Waals surface area contributed by atoms with Crippen LogP contribution in [0.4, 0.5) is 19.1 Å². The normalized spacial score (nSPS) is 16.2. The Morgan fingerprint density at radius 3 is 2.38 bits per heavy atom. The van der Waals surface area contributed by atoms with E-state index in [4.69, 9.17) is 0 Å². The summed E-state index contributed by atoms with van der Waals surface area (Å²) in [5.41, 5.74) is -2.24. The van der Waals surface area contributed by atoms with Crippen molar-refractivity contribution in [3.63, 3.8) is 0 Å². The molecule has 0 atom stereocenters. The molecule has 2 aromatic heterocycles. The number of aliphatic hydroxyl groups is 1. The molecule has 1 aliphatic heterocycles. The quantitative estimate of drug-likeness (QED) is 0.349. The van der Waals surface area contributed by atoms with Crippen molar-refractivity contribution in [1.29, 1.82) is 0 Å². The van der Waals surface area contributed by atoms with Crippen LogP contribution in [-0.4, -0.2) is 92.6 Å². The van der Waals surface area contributed by atoms with Crippen LogP contribution >= 0.6 is 0 Å². The fourth-order valence-corrected chi connectivity index (χ4v) is 6.19. The molecule has 0 aromatic carbocycles. The zero-order valence-corrected chi connectivity index (χ0v) is 23.9. The number of halogens is 3. The Morgan fingerprint density at radius 1 is 1.13 bits per heavy atom. The third kappa shape index (κ3) is 9.12. The number of nitrogens with zero attached hydrogens (tertiary/aromatic N) is 6. The Hall–Kier alpha value is -2.29. The minimum atomic E-state index is -4.67. The summed E-state index contributed by atoms with van der Waals surface area (Å²) < 4.78 is 69.6. The van der Waals surface area contributed by atoms with Gasteiger partial charge in [0.2, 0.25) is 16.0 Å². The van der Waals surface area contributed by atoms with Gasteiger partial charge in [-0.05, 0) is 59.2 Å². The summed E-state index contributed by atoms with van der Waals surface area (Å²) in [7, 11) is -3.36. The summed E-state index contributed by atoms with van der Waals surface area (Å²) in [6.07, 6.45) is 1.16. The zero-order chi connectivity index (χ0) is 28.8. The second kappa shape index (κ2) is 12.9. The Bertz CT molecular complexity index is 1170. The Balaban J connectivity index is 1.63. The molecule has 2 aromatic rings. The standard InChI is InChI=1S/C25H40F3N7O3S/c1-5-33(6-2)11-7-8-14-39(37,38)35-12-9-20(10-13-35)31-23-29-16-21(25(26,27)28)22(32-23)19-15-30-34(17-19)18-24(3,4)36/h15-17,20,36H,5-14,18H2,1-4H3,(H,29,31,32). The molecule has 0 amide bonds. The van der Waals surface area contributed by atoms with E-state index in [1.807, 2.05) is 0 Å². The number of alkyl halides is 3. The lowest BCUT2D eigenvalue weighted by molar-refractivity contribution is -0.137. The predicted octanol–water partition coefficient (Wildman–Crippen LogP) is 3.46. The molecule has 0 aliphatic carbocycles. The molecule has 0 unspecified atom stereocenters. The first-order valence-corrected chi connectivity index (χ1v) is 15.0. The molecule has 1 fully saturated rings. The van der Waals surface area contributed by atoms with Crippen molar-refractivity contribution in [1.82, 2.24) is 29.0 Å². The molecule has 0 bridgehead atoms. The number of nitrogens with one attached hydrogen (secondary N) is 1. The van der Waals surface area contributed by atoms with E-state index in [9.17, 15) is 26.7 Å². The van der Waals surface area contributed by atoms with Crippen LogP contribution < -0.4 is 5.32 Å². The number of hydrogen-bond donors (Lipinski definition) is 2. The number of aromatic nitrogens is 4. The van der Waals surface area contributed by atoms with Crippen LogP contribution in [0.15, 0.2) is 18.6 Å². The van der Waals surface area contributed by atoms with Crippen molar-refractivity contribution >= 4 is 16.0 Å². The fourth-order valence-electron chi connectivity index (χ4n) is 4.60. The summed E-state index contributed by atoms with van der Waals surface area (Å²) in [6, 6.07) is -0.179. The van der Waals surface area contributed by atoms with E-state index < -0.39 is 27.4 Å². The highest BCUT2D eigenvalue weighted by atomic mass is 32.2. The number of hydrogen-bond acceptors (Lipinski definition) is 8. The maximum Gasteiger partial charge on any atom is 0.419 e. The lowest BCUT2D eigenvalue weighted by Crippen LogP contribution is -2.43. The molecule has 3 rings (SSSR count).